The third kappa shape index (κ3) is 4.11. The summed E-state index contributed by atoms with van der Waals surface area (Å²) in [6.45, 7) is 5.67. The molecule has 0 amide bonds. The molecule has 0 atom stereocenters. The molecule has 1 fully saturated rings. The largest absolute Gasteiger partial charge is 0.488 e. The molecule has 0 aliphatic carbocycles. The molecular formula is C18H24N4O3. The molecule has 7 nitrogen and oxygen atoms in total. The van der Waals surface area contributed by atoms with Crippen molar-refractivity contribution in [2.24, 2.45) is 0 Å². The van der Waals surface area contributed by atoms with Gasteiger partial charge in [-0.15, -0.1) is 0 Å². The lowest BCUT2D eigenvalue weighted by Gasteiger charge is -2.30. The second kappa shape index (κ2) is 8.02. The van der Waals surface area contributed by atoms with E-state index in [0.29, 0.717) is 24.8 Å². The second-order valence-corrected chi connectivity index (χ2v) is 6.02. The maximum absolute atomic E-state index is 11.5. The van der Waals surface area contributed by atoms with Crippen LogP contribution in [0, 0.1) is 6.92 Å². The van der Waals surface area contributed by atoms with Crippen molar-refractivity contribution < 1.29 is 9.47 Å². The van der Waals surface area contributed by atoms with E-state index in [1.165, 1.54) is 32.0 Å². The number of pyridine rings is 2. The summed E-state index contributed by atoms with van der Waals surface area (Å²) >= 11 is 0. The van der Waals surface area contributed by atoms with E-state index in [4.69, 9.17) is 9.47 Å². The maximum atomic E-state index is 11.5. The van der Waals surface area contributed by atoms with Gasteiger partial charge in [0.05, 0.1) is 31.2 Å². The van der Waals surface area contributed by atoms with E-state index >= 15 is 0 Å². The summed E-state index contributed by atoms with van der Waals surface area (Å²) in [5.41, 5.74) is 2.46. The molecule has 2 aliphatic rings. The highest BCUT2D eigenvalue weighted by atomic mass is 16.5. The summed E-state index contributed by atoms with van der Waals surface area (Å²) in [6.07, 6.45) is 6.11. The Hall–Kier alpha value is -2.54. The number of aromatic nitrogens is 2. The minimum atomic E-state index is -0.155. The lowest BCUT2D eigenvalue weighted by atomic mass is 10.2. The number of aryl methyl sites for hydroxylation is 1. The van der Waals surface area contributed by atoms with Gasteiger partial charge in [-0.25, -0.2) is 4.98 Å². The van der Waals surface area contributed by atoms with Crippen LogP contribution < -0.4 is 25.2 Å². The van der Waals surface area contributed by atoms with Crippen LogP contribution in [0.25, 0.3) is 0 Å². The lowest BCUT2D eigenvalue weighted by molar-refractivity contribution is 0.312. The molecule has 0 unspecified atom stereocenters. The fraction of sp³-hybridized carbons (Fsp3) is 0.444. The number of hydrogen-bond donors (Lipinski definition) is 2. The first-order chi connectivity index (χ1) is 12.2. The number of anilines is 2. The molecule has 0 saturated carbocycles. The maximum Gasteiger partial charge on any atom is 0.250 e. The average Bonchev–Trinajstić information content (AvgIpc) is 3.21. The zero-order chi connectivity index (χ0) is 17.6. The van der Waals surface area contributed by atoms with Crippen molar-refractivity contribution in [3.63, 3.8) is 0 Å². The Morgan fingerprint density at radius 1 is 1.28 bits per heavy atom. The first kappa shape index (κ1) is 17.3. The number of fused-ring (bicyclic) bond motifs is 1. The first-order valence-electron chi connectivity index (χ1n) is 8.53. The highest BCUT2D eigenvalue weighted by Gasteiger charge is 2.21. The number of H-pyrrole nitrogens is 1. The zero-order valence-corrected chi connectivity index (χ0v) is 14.7. The van der Waals surface area contributed by atoms with Gasteiger partial charge in [0, 0.05) is 17.8 Å². The molecule has 1 saturated heterocycles. The van der Waals surface area contributed by atoms with E-state index in [-0.39, 0.29) is 5.56 Å². The van der Waals surface area contributed by atoms with Gasteiger partial charge >= 0.3 is 0 Å². The normalized spacial score (nSPS) is 15.7. The van der Waals surface area contributed by atoms with Crippen LogP contribution in [0.1, 0.15) is 18.4 Å². The van der Waals surface area contributed by atoms with Crippen LogP contribution in [0.5, 0.6) is 11.6 Å². The highest BCUT2D eigenvalue weighted by molar-refractivity contribution is 5.69. The minimum Gasteiger partial charge on any atom is -0.488 e. The fourth-order valence-electron chi connectivity index (χ4n) is 2.94. The minimum absolute atomic E-state index is 0.155. The molecule has 2 aromatic rings. The van der Waals surface area contributed by atoms with Crippen LogP contribution in [0.15, 0.2) is 29.3 Å². The molecule has 2 aliphatic heterocycles. The van der Waals surface area contributed by atoms with Crippen molar-refractivity contribution in [1.82, 2.24) is 15.3 Å². The van der Waals surface area contributed by atoms with Gasteiger partial charge in [-0.1, -0.05) is 0 Å². The average molecular weight is 344 g/mol. The molecule has 4 rings (SSSR count). The Morgan fingerprint density at radius 2 is 2.08 bits per heavy atom. The predicted octanol–water partition coefficient (Wildman–Crippen LogP) is 1.99. The van der Waals surface area contributed by atoms with Crippen LogP contribution in [0.4, 0.5) is 11.4 Å². The first-order valence-corrected chi connectivity index (χ1v) is 8.53. The third-order valence-corrected chi connectivity index (χ3v) is 4.21. The Bertz CT molecular complexity index is 764. The molecule has 4 heterocycles. The molecule has 0 spiro atoms. The van der Waals surface area contributed by atoms with Crippen molar-refractivity contribution in [2.45, 2.75) is 19.8 Å². The molecule has 2 N–H and O–H groups in total. The Morgan fingerprint density at radius 3 is 2.72 bits per heavy atom. The number of rotatable bonds is 2. The summed E-state index contributed by atoms with van der Waals surface area (Å²) in [7, 11) is 1.60. The summed E-state index contributed by atoms with van der Waals surface area (Å²) in [5.74, 6) is 1.28. The summed E-state index contributed by atoms with van der Waals surface area (Å²) < 4.78 is 10.7. The quantitative estimate of drug-likeness (QED) is 0.867. The second-order valence-electron chi connectivity index (χ2n) is 6.02. The van der Waals surface area contributed by atoms with Gasteiger partial charge < -0.3 is 24.7 Å². The van der Waals surface area contributed by atoms with Crippen molar-refractivity contribution >= 4 is 11.4 Å². The summed E-state index contributed by atoms with van der Waals surface area (Å²) in [4.78, 5) is 20.4. The van der Waals surface area contributed by atoms with Gasteiger partial charge in [0.25, 0.3) is 0 Å². The third-order valence-electron chi connectivity index (χ3n) is 4.21. The molecule has 0 aromatic carbocycles. The van der Waals surface area contributed by atoms with Crippen molar-refractivity contribution in [2.75, 3.05) is 38.3 Å². The van der Waals surface area contributed by atoms with E-state index in [0.717, 1.165) is 16.9 Å². The van der Waals surface area contributed by atoms with Gasteiger partial charge in [-0.2, -0.15) is 0 Å². The highest BCUT2D eigenvalue weighted by Crippen LogP contribution is 2.35. The molecule has 7 heteroatoms. The van der Waals surface area contributed by atoms with Crippen LogP contribution in [0.3, 0.4) is 0 Å². The topological polar surface area (TPSA) is 79.5 Å². The smallest absolute Gasteiger partial charge is 0.250 e. The van der Waals surface area contributed by atoms with Crippen LogP contribution in [-0.4, -0.2) is 43.3 Å². The van der Waals surface area contributed by atoms with Crippen molar-refractivity contribution in [3.8, 4) is 11.6 Å². The molecule has 2 aromatic heterocycles. The molecule has 25 heavy (non-hydrogen) atoms. The molecule has 0 bridgehead atoms. The monoisotopic (exact) mass is 344 g/mol. The SMILES string of the molecule is C1CCNC1.COc1ncc(N2CCOc3c[nH]c(=O)cc32)cc1C. The van der Waals surface area contributed by atoms with Gasteiger partial charge in [-0.05, 0) is 38.9 Å². The van der Waals surface area contributed by atoms with Gasteiger partial charge in [0.1, 0.15) is 6.61 Å². The van der Waals surface area contributed by atoms with Crippen LogP contribution >= 0.6 is 0 Å². The van der Waals surface area contributed by atoms with Gasteiger partial charge in [-0.3, -0.25) is 4.79 Å². The van der Waals surface area contributed by atoms with Crippen molar-refractivity contribution in [3.05, 3.63) is 40.4 Å². The zero-order valence-electron chi connectivity index (χ0n) is 14.7. The number of nitrogens with zero attached hydrogens (tertiary/aromatic N) is 2. The summed E-state index contributed by atoms with van der Waals surface area (Å²) in [6, 6.07) is 3.52. The van der Waals surface area contributed by atoms with E-state index in [1.54, 1.807) is 19.5 Å². The van der Waals surface area contributed by atoms with E-state index in [9.17, 15) is 4.79 Å². The number of ether oxygens (including phenoxy) is 2. The molecule has 134 valence electrons. The van der Waals surface area contributed by atoms with Gasteiger partial charge in [0.2, 0.25) is 11.4 Å². The van der Waals surface area contributed by atoms with Crippen LogP contribution in [0.2, 0.25) is 0 Å². The summed E-state index contributed by atoms with van der Waals surface area (Å²) in [5, 5.41) is 3.22. The Kier molecular flexibility index (Phi) is 5.55. The Balaban J connectivity index is 0.000000314. The Labute approximate surface area is 147 Å². The van der Waals surface area contributed by atoms with Crippen molar-refractivity contribution in [1.29, 1.82) is 0 Å². The molecular weight excluding hydrogens is 320 g/mol. The predicted molar refractivity (Wildman–Crippen MR) is 97.2 cm³/mol. The van der Waals surface area contributed by atoms with E-state index < -0.39 is 0 Å². The van der Waals surface area contributed by atoms with Gasteiger partial charge in [0.15, 0.2) is 5.75 Å². The van der Waals surface area contributed by atoms with E-state index in [1.807, 2.05) is 17.9 Å². The number of hydrogen-bond acceptors (Lipinski definition) is 6. The number of aromatic amines is 1. The van der Waals surface area contributed by atoms with Crippen LogP contribution in [-0.2, 0) is 0 Å². The van der Waals surface area contributed by atoms with E-state index in [2.05, 4.69) is 15.3 Å². The number of methoxy groups -OCH3 is 1. The fourth-order valence-corrected chi connectivity index (χ4v) is 2.94. The molecule has 0 radical (unpaired) electrons. The lowest BCUT2D eigenvalue weighted by Crippen LogP contribution is -2.30. The number of nitrogens with one attached hydrogen (secondary N) is 2. The standard InChI is InChI=1S/C14H15N3O3.C4H9N/c1-9-5-10(7-16-14(9)19-2)17-3-4-20-12-8-15-13(18)6-11(12)17;1-2-4-5-3-1/h5-8H,3-4H2,1-2H3,(H,15,18);5H,1-4H2.